The fourth-order valence-electron chi connectivity index (χ4n) is 3.47. The second-order valence-corrected chi connectivity index (χ2v) is 6.50. The number of aliphatic hydroxyl groups is 1. The molecule has 140 valence electrons. The number of hydrogen-bond acceptors (Lipinski definition) is 6. The van der Waals surface area contributed by atoms with Gasteiger partial charge in [-0.1, -0.05) is 12.1 Å². The molecular formula is C20H24O6. The lowest BCUT2D eigenvalue weighted by Gasteiger charge is -2.18. The molecule has 0 amide bonds. The number of phenols is 2. The molecule has 3 atom stereocenters. The zero-order valence-electron chi connectivity index (χ0n) is 14.9. The van der Waals surface area contributed by atoms with Crippen molar-refractivity contribution < 1.29 is 29.5 Å². The van der Waals surface area contributed by atoms with Crippen LogP contribution in [0.15, 0.2) is 36.4 Å². The maximum atomic E-state index is 9.77. The van der Waals surface area contributed by atoms with Crippen molar-refractivity contribution in [3.63, 3.8) is 0 Å². The van der Waals surface area contributed by atoms with Crippen molar-refractivity contribution in [2.24, 2.45) is 5.92 Å². The Hall–Kier alpha value is -2.44. The standard InChI is InChI=1S/C20H24O6/c1-24-18-8-12(3-5-16(18)22)7-15-9-14(11-21)20(26-15)13-4-6-17(23)19(10-13)25-2/h3-6,8,10,14-15,20-23H,7,9,11H2,1-2H3. The Morgan fingerprint density at radius 3 is 2.31 bits per heavy atom. The predicted molar refractivity (Wildman–Crippen MR) is 95.8 cm³/mol. The molecule has 0 spiro atoms. The second kappa shape index (κ2) is 7.85. The lowest BCUT2D eigenvalue weighted by Crippen LogP contribution is -2.11. The largest absolute Gasteiger partial charge is 0.504 e. The number of benzene rings is 2. The van der Waals surface area contributed by atoms with Crippen LogP contribution in [-0.4, -0.2) is 42.3 Å². The van der Waals surface area contributed by atoms with Gasteiger partial charge in [-0.15, -0.1) is 0 Å². The van der Waals surface area contributed by atoms with Crippen LogP contribution in [0.25, 0.3) is 0 Å². The van der Waals surface area contributed by atoms with Gasteiger partial charge in [0.15, 0.2) is 23.0 Å². The maximum absolute atomic E-state index is 9.77. The average molecular weight is 360 g/mol. The van der Waals surface area contributed by atoms with E-state index in [-0.39, 0.29) is 36.2 Å². The van der Waals surface area contributed by atoms with Crippen molar-refractivity contribution >= 4 is 0 Å². The van der Waals surface area contributed by atoms with Gasteiger partial charge in [-0.3, -0.25) is 0 Å². The van der Waals surface area contributed by atoms with Gasteiger partial charge < -0.3 is 29.5 Å². The maximum Gasteiger partial charge on any atom is 0.160 e. The molecule has 2 aromatic carbocycles. The van der Waals surface area contributed by atoms with Crippen molar-refractivity contribution in [1.82, 2.24) is 0 Å². The van der Waals surface area contributed by atoms with Gasteiger partial charge in [0.05, 0.1) is 26.4 Å². The van der Waals surface area contributed by atoms with Crippen LogP contribution in [0.3, 0.4) is 0 Å². The average Bonchev–Trinajstić information content (AvgIpc) is 3.06. The van der Waals surface area contributed by atoms with Crippen LogP contribution in [0.4, 0.5) is 0 Å². The summed E-state index contributed by atoms with van der Waals surface area (Å²) < 4.78 is 16.5. The van der Waals surface area contributed by atoms with Gasteiger partial charge in [-0.05, 0) is 48.2 Å². The van der Waals surface area contributed by atoms with Gasteiger partial charge in [0.2, 0.25) is 0 Å². The first-order valence-corrected chi connectivity index (χ1v) is 8.54. The molecular weight excluding hydrogens is 336 g/mol. The number of methoxy groups -OCH3 is 2. The van der Waals surface area contributed by atoms with Gasteiger partial charge in [0.25, 0.3) is 0 Å². The number of hydrogen-bond donors (Lipinski definition) is 3. The molecule has 3 N–H and O–H groups in total. The minimum atomic E-state index is -0.265. The van der Waals surface area contributed by atoms with E-state index in [1.165, 1.54) is 14.2 Å². The summed E-state index contributed by atoms with van der Waals surface area (Å²) in [5.41, 5.74) is 1.86. The Bertz CT molecular complexity index is 760. The quantitative estimate of drug-likeness (QED) is 0.734. The Morgan fingerprint density at radius 1 is 1.00 bits per heavy atom. The molecule has 0 saturated carbocycles. The molecule has 1 fully saturated rings. The fourth-order valence-corrected chi connectivity index (χ4v) is 3.47. The molecule has 3 rings (SSSR count). The van der Waals surface area contributed by atoms with Crippen LogP contribution in [0, 0.1) is 5.92 Å². The highest BCUT2D eigenvalue weighted by Crippen LogP contribution is 2.41. The molecule has 0 aliphatic carbocycles. The number of aliphatic hydroxyl groups excluding tert-OH is 1. The molecule has 1 aliphatic heterocycles. The number of ether oxygens (including phenoxy) is 3. The predicted octanol–water partition coefficient (Wildman–Crippen LogP) is 2.80. The third-order valence-electron chi connectivity index (χ3n) is 4.81. The molecule has 2 aromatic rings. The fraction of sp³-hybridized carbons (Fsp3) is 0.400. The van der Waals surface area contributed by atoms with Crippen LogP contribution < -0.4 is 9.47 Å². The van der Waals surface area contributed by atoms with Crippen LogP contribution in [0.5, 0.6) is 23.0 Å². The Balaban J connectivity index is 1.77. The van der Waals surface area contributed by atoms with Gasteiger partial charge in [-0.25, -0.2) is 0 Å². The van der Waals surface area contributed by atoms with Crippen LogP contribution in [0.2, 0.25) is 0 Å². The number of rotatable bonds is 6. The summed E-state index contributed by atoms with van der Waals surface area (Å²) in [7, 11) is 3.01. The minimum Gasteiger partial charge on any atom is -0.504 e. The topological polar surface area (TPSA) is 88.4 Å². The zero-order valence-corrected chi connectivity index (χ0v) is 14.9. The molecule has 3 unspecified atom stereocenters. The Kier molecular flexibility index (Phi) is 5.54. The van der Waals surface area contributed by atoms with Gasteiger partial charge >= 0.3 is 0 Å². The highest BCUT2D eigenvalue weighted by atomic mass is 16.5. The van der Waals surface area contributed by atoms with Crippen LogP contribution >= 0.6 is 0 Å². The molecule has 6 nitrogen and oxygen atoms in total. The lowest BCUT2D eigenvalue weighted by atomic mass is 9.93. The van der Waals surface area contributed by atoms with Crippen molar-refractivity contribution in [3.8, 4) is 23.0 Å². The van der Waals surface area contributed by atoms with Crippen molar-refractivity contribution in [1.29, 1.82) is 0 Å². The highest BCUT2D eigenvalue weighted by Gasteiger charge is 2.36. The van der Waals surface area contributed by atoms with Gasteiger partial charge in [0.1, 0.15) is 0 Å². The smallest absolute Gasteiger partial charge is 0.160 e. The molecule has 0 radical (unpaired) electrons. The summed E-state index contributed by atoms with van der Waals surface area (Å²) in [6.07, 6.45) is 1.04. The van der Waals surface area contributed by atoms with E-state index in [0.29, 0.717) is 24.3 Å². The lowest BCUT2D eigenvalue weighted by molar-refractivity contribution is 0.0259. The Labute approximate surface area is 152 Å². The zero-order chi connectivity index (χ0) is 18.7. The molecule has 1 heterocycles. The van der Waals surface area contributed by atoms with E-state index in [0.717, 1.165) is 11.1 Å². The van der Waals surface area contributed by atoms with E-state index in [9.17, 15) is 15.3 Å². The first-order valence-electron chi connectivity index (χ1n) is 8.54. The first-order chi connectivity index (χ1) is 12.5. The van der Waals surface area contributed by atoms with Crippen molar-refractivity contribution in [2.75, 3.05) is 20.8 Å². The van der Waals surface area contributed by atoms with E-state index in [4.69, 9.17) is 14.2 Å². The highest BCUT2D eigenvalue weighted by molar-refractivity contribution is 5.43. The SMILES string of the molecule is COc1cc(CC2CC(CO)C(c3ccc(O)c(OC)c3)O2)ccc1O. The van der Waals surface area contributed by atoms with E-state index in [2.05, 4.69) is 0 Å². The van der Waals surface area contributed by atoms with Gasteiger partial charge in [-0.2, -0.15) is 0 Å². The summed E-state index contributed by atoms with van der Waals surface area (Å²) >= 11 is 0. The summed E-state index contributed by atoms with van der Waals surface area (Å²) in [6, 6.07) is 10.3. The minimum absolute atomic E-state index is 0.0171. The molecule has 26 heavy (non-hydrogen) atoms. The van der Waals surface area contributed by atoms with Crippen LogP contribution in [-0.2, 0) is 11.2 Å². The summed E-state index contributed by atoms with van der Waals surface area (Å²) in [6.45, 7) is 0.0171. The monoisotopic (exact) mass is 360 g/mol. The van der Waals surface area contributed by atoms with Crippen molar-refractivity contribution in [2.45, 2.75) is 25.0 Å². The molecule has 0 bridgehead atoms. The van der Waals surface area contributed by atoms with Crippen molar-refractivity contribution in [3.05, 3.63) is 47.5 Å². The van der Waals surface area contributed by atoms with E-state index in [1.807, 2.05) is 6.07 Å². The molecule has 1 saturated heterocycles. The summed E-state index contributed by atoms with van der Waals surface area (Å²) in [5, 5.41) is 29.3. The number of phenolic OH excluding ortho intramolecular Hbond substituents is 2. The van der Waals surface area contributed by atoms with E-state index < -0.39 is 0 Å². The second-order valence-electron chi connectivity index (χ2n) is 6.50. The van der Waals surface area contributed by atoms with Crippen LogP contribution in [0.1, 0.15) is 23.7 Å². The van der Waals surface area contributed by atoms with E-state index >= 15 is 0 Å². The number of aromatic hydroxyl groups is 2. The third kappa shape index (κ3) is 3.71. The summed E-state index contributed by atoms with van der Waals surface area (Å²) in [5.74, 6) is 0.954. The molecule has 6 heteroatoms. The Morgan fingerprint density at radius 2 is 1.65 bits per heavy atom. The third-order valence-corrected chi connectivity index (χ3v) is 4.81. The van der Waals surface area contributed by atoms with Gasteiger partial charge in [0, 0.05) is 12.5 Å². The molecule has 1 aliphatic rings. The van der Waals surface area contributed by atoms with E-state index in [1.54, 1.807) is 30.3 Å². The normalized spacial score (nSPS) is 22.3. The first kappa shape index (κ1) is 18.4. The molecule has 0 aromatic heterocycles. The summed E-state index contributed by atoms with van der Waals surface area (Å²) in [4.78, 5) is 0.